The number of carboxylic acid groups (broad SMARTS) is 1. The second kappa shape index (κ2) is 9.94. The summed E-state index contributed by atoms with van der Waals surface area (Å²) >= 11 is 0. The Morgan fingerprint density at radius 2 is 2.07 bits per heavy atom. The fraction of sp³-hybridized carbons (Fsp3) is 0.550. The molecule has 7 nitrogen and oxygen atoms in total. The van der Waals surface area contributed by atoms with Gasteiger partial charge in [0, 0.05) is 31.7 Å². The van der Waals surface area contributed by atoms with Crippen molar-refractivity contribution in [3.8, 4) is 0 Å². The van der Waals surface area contributed by atoms with Crippen LogP contribution in [0.5, 0.6) is 0 Å². The van der Waals surface area contributed by atoms with Gasteiger partial charge in [0.2, 0.25) is 5.91 Å². The van der Waals surface area contributed by atoms with E-state index >= 15 is 0 Å². The minimum absolute atomic E-state index is 0.0600. The average molecular weight is 375 g/mol. The van der Waals surface area contributed by atoms with Crippen LogP contribution >= 0.6 is 0 Å². The molecular weight excluding hydrogens is 346 g/mol. The zero-order chi connectivity index (χ0) is 19.8. The molecule has 1 aromatic carbocycles. The molecule has 2 rings (SSSR count). The van der Waals surface area contributed by atoms with Gasteiger partial charge in [0.15, 0.2) is 0 Å². The third-order valence-electron chi connectivity index (χ3n) is 4.51. The smallest absolute Gasteiger partial charge is 0.317 e. The first kappa shape index (κ1) is 20.7. The zero-order valence-corrected chi connectivity index (χ0v) is 16.0. The van der Waals surface area contributed by atoms with Crippen LogP contribution in [-0.2, 0) is 16.0 Å². The molecule has 0 saturated carbocycles. The topological polar surface area (TPSA) is 98.7 Å². The summed E-state index contributed by atoms with van der Waals surface area (Å²) in [5.41, 5.74) is 1.24. The van der Waals surface area contributed by atoms with Gasteiger partial charge in [-0.25, -0.2) is 4.79 Å². The van der Waals surface area contributed by atoms with E-state index in [1.807, 2.05) is 0 Å². The number of carbonyl (C=O) groups excluding carboxylic acids is 2. The monoisotopic (exact) mass is 375 g/mol. The van der Waals surface area contributed by atoms with E-state index in [4.69, 9.17) is 5.11 Å². The number of hydrogen-bond acceptors (Lipinski definition) is 3. The lowest BCUT2D eigenvalue weighted by atomic mass is 9.94. The summed E-state index contributed by atoms with van der Waals surface area (Å²) in [6.07, 6.45) is 2.07. The Bertz CT molecular complexity index is 675. The van der Waals surface area contributed by atoms with Gasteiger partial charge in [-0.05, 0) is 42.4 Å². The molecule has 0 aromatic heterocycles. The van der Waals surface area contributed by atoms with Gasteiger partial charge in [0.05, 0.1) is 6.42 Å². The number of carbonyl (C=O) groups is 3. The van der Waals surface area contributed by atoms with Crippen LogP contribution in [0.2, 0.25) is 0 Å². The quantitative estimate of drug-likeness (QED) is 0.682. The Balaban J connectivity index is 1.84. The number of nitrogens with one attached hydrogen (secondary N) is 2. The molecule has 1 aliphatic heterocycles. The van der Waals surface area contributed by atoms with E-state index in [1.54, 1.807) is 29.2 Å². The molecule has 0 spiro atoms. The van der Waals surface area contributed by atoms with Crippen LogP contribution < -0.4 is 10.6 Å². The van der Waals surface area contributed by atoms with Crippen molar-refractivity contribution >= 4 is 23.6 Å². The van der Waals surface area contributed by atoms with Crippen LogP contribution in [0.3, 0.4) is 0 Å². The predicted molar refractivity (Wildman–Crippen MR) is 104 cm³/mol. The van der Waals surface area contributed by atoms with Crippen molar-refractivity contribution in [1.29, 1.82) is 0 Å². The van der Waals surface area contributed by atoms with Crippen LogP contribution in [-0.4, -0.2) is 47.5 Å². The van der Waals surface area contributed by atoms with Crippen molar-refractivity contribution in [1.82, 2.24) is 10.2 Å². The highest BCUT2D eigenvalue weighted by Gasteiger charge is 2.25. The summed E-state index contributed by atoms with van der Waals surface area (Å²) in [5, 5.41) is 14.6. The molecule has 0 bridgehead atoms. The van der Waals surface area contributed by atoms with Crippen LogP contribution in [0, 0.1) is 11.8 Å². The van der Waals surface area contributed by atoms with E-state index in [-0.39, 0.29) is 24.3 Å². The van der Waals surface area contributed by atoms with Gasteiger partial charge < -0.3 is 20.6 Å². The van der Waals surface area contributed by atoms with E-state index < -0.39 is 5.97 Å². The number of likely N-dealkylation sites (tertiary alicyclic amines) is 1. The highest BCUT2D eigenvalue weighted by Crippen LogP contribution is 2.21. The van der Waals surface area contributed by atoms with Crippen molar-refractivity contribution in [3.63, 3.8) is 0 Å². The Labute approximate surface area is 160 Å². The summed E-state index contributed by atoms with van der Waals surface area (Å²) in [6, 6.07) is 6.82. The normalized spacial score (nSPS) is 16.9. The van der Waals surface area contributed by atoms with Gasteiger partial charge in [-0.1, -0.05) is 26.0 Å². The zero-order valence-electron chi connectivity index (χ0n) is 16.0. The highest BCUT2D eigenvalue weighted by molar-refractivity contribution is 5.91. The van der Waals surface area contributed by atoms with Crippen LogP contribution in [0.4, 0.5) is 10.5 Å². The molecule has 1 unspecified atom stereocenters. The van der Waals surface area contributed by atoms with Gasteiger partial charge in [0.25, 0.3) is 0 Å². The minimum Gasteiger partial charge on any atom is -0.481 e. The van der Waals surface area contributed by atoms with Gasteiger partial charge in [0.1, 0.15) is 0 Å². The summed E-state index contributed by atoms with van der Waals surface area (Å²) in [6.45, 7) is 6.05. The van der Waals surface area contributed by atoms with Crippen LogP contribution in [0.25, 0.3) is 0 Å². The molecule has 3 N–H and O–H groups in total. The molecule has 0 aliphatic carbocycles. The fourth-order valence-electron chi connectivity index (χ4n) is 3.23. The molecule has 1 atom stereocenters. The molecule has 1 heterocycles. The summed E-state index contributed by atoms with van der Waals surface area (Å²) < 4.78 is 0. The number of rotatable bonds is 7. The maximum atomic E-state index is 12.4. The van der Waals surface area contributed by atoms with E-state index in [2.05, 4.69) is 24.5 Å². The van der Waals surface area contributed by atoms with Crippen molar-refractivity contribution < 1.29 is 19.5 Å². The van der Waals surface area contributed by atoms with Gasteiger partial charge >= 0.3 is 12.0 Å². The molecule has 0 radical (unpaired) electrons. The number of piperidine rings is 1. The van der Waals surface area contributed by atoms with E-state index in [0.717, 1.165) is 19.4 Å². The second-order valence-electron chi connectivity index (χ2n) is 7.56. The van der Waals surface area contributed by atoms with Crippen molar-refractivity contribution in [3.05, 3.63) is 29.8 Å². The van der Waals surface area contributed by atoms with E-state index in [0.29, 0.717) is 36.7 Å². The standard InChI is InChI=1S/C20H29N3O4/c1-14(2)12-21-20(27)23-8-4-6-16(13-23)10-18(24)22-17-7-3-5-15(9-17)11-19(25)26/h3,5,7,9,14,16H,4,6,8,10-13H2,1-2H3,(H,21,27)(H,22,24)(H,25,26). The van der Waals surface area contributed by atoms with Crippen molar-refractivity contribution in [2.24, 2.45) is 11.8 Å². The molecule has 1 aliphatic rings. The number of benzene rings is 1. The largest absolute Gasteiger partial charge is 0.481 e. The number of amides is 3. The van der Waals surface area contributed by atoms with Gasteiger partial charge in [-0.15, -0.1) is 0 Å². The van der Waals surface area contributed by atoms with Gasteiger partial charge in [-0.2, -0.15) is 0 Å². The number of anilines is 1. The molecule has 1 aromatic rings. The van der Waals surface area contributed by atoms with Crippen molar-refractivity contribution in [2.45, 2.75) is 39.5 Å². The van der Waals surface area contributed by atoms with Crippen LogP contribution in [0.1, 0.15) is 38.7 Å². The Morgan fingerprint density at radius 1 is 1.30 bits per heavy atom. The summed E-state index contributed by atoms with van der Waals surface area (Å²) in [4.78, 5) is 37.2. The lowest BCUT2D eigenvalue weighted by Gasteiger charge is -2.32. The predicted octanol–water partition coefficient (Wildman–Crippen LogP) is 2.72. The molecule has 7 heteroatoms. The third kappa shape index (κ3) is 7.29. The van der Waals surface area contributed by atoms with E-state index in [1.165, 1.54) is 0 Å². The third-order valence-corrected chi connectivity index (χ3v) is 4.51. The molecule has 27 heavy (non-hydrogen) atoms. The second-order valence-corrected chi connectivity index (χ2v) is 7.56. The maximum Gasteiger partial charge on any atom is 0.317 e. The SMILES string of the molecule is CC(C)CNC(=O)N1CCCC(CC(=O)Nc2cccc(CC(=O)O)c2)C1. The maximum absolute atomic E-state index is 12.4. The highest BCUT2D eigenvalue weighted by atomic mass is 16.4. The first-order chi connectivity index (χ1) is 12.8. The Kier molecular flexibility index (Phi) is 7.64. The number of hydrogen-bond donors (Lipinski definition) is 3. The minimum atomic E-state index is -0.906. The van der Waals surface area contributed by atoms with Crippen LogP contribution in [0.15, 0.2) is 24.3 Å². The van der Waals surface area contributed by atoms with Crippen molar-refractivity contribution in [2.75, 3.05) is 25.0 Å². The molecule has 1 saturated heterocycles. The molecule has 148 valence electrons. The number of nitrogens with zero attached hydrogens (tertiary/aromatic N) is 1. The number of carboxylic acids is 1. The lowest BCUT2D eigenvalue weighted by Crippen LogP contribution is -2.46. The van der Waals surface area contributed by atoms with Gasteiger partial charge in [-0.3, -0.25) is 9.59 Å². The molecule has 3 amide bonds. The summed E-state index contributed by atoms with van der Waals surface area (Å²) in [5.74, 6) is -0.489. The first-order valence-corrected chi connectivity index (χ1v) is 9.47. The lowest BCUT2D eigenvalue weighted by molar-refractivity contribution is -0.136. The van der Waals surface area contributed by atoms with E-state index in [9.17, 15) is 14.4 Å². The Morgan fingerprint density at radius 3 is 2.78 bits per heavy atom. The first-order valence-electron chi connectivity index (χ1n) is 9.47. The average Bonchev–Trinajstić information content (AvgIpc) is 2.59. The molecular formula is C20H29N3O4. The fourth-order valence-corrected chi connectivity index (χ4v) is 3.23. The summed E-state index contributed by atoms with van der Waals surface area (Å²) in [7, 11) is 0. The number of aliphatic carboxylic acids is 1. The number of urea groups is 1. The Hall–Kier alpha value is -2.57. The molecule has 1 fully saturated rings.